The van der Waals surface area contributed by atoms with Gasteiger partial charge in [-0.05, 0) is 25.8 Å². The Morgan fingerprint density at radius 2 is 2.33 bits per heavy atom. The minimum Gasteiger partial charge on any atom is -0.504 e. The van der Waals surface area contributed by atoms with Gasteiger partial charge in [0.1, 0.15) is 0 Å². The normalized spacial score (nSPS) is 23.9. The van der Waals surface area contributed by atoms with Gasteiger partial charge in [0.15, 0.2) is 17.5 Å². The van der Waals surface area contributed by atoms with Crippen molar-refractivity contribution in [1.29, 1.82) is 0 Å². The fourth-order valence-electron chi connectivity index (χ4n) is 3.53. The van der Waals surface area contributed by atoms with Gasteiger partial charge in [-0.25, -0.2) is 4.99 Å². The van der Waals surface area contributed by atoms with Gasteiger partial charge < -0.3 is 24.8 Å². The highest BCUT2D eigenvalue weighted by molar-refractivity contribution is 5.80. The number of aromatic hydroxyl groups is 1. The SMILES string of the molecule is CCNC(=NCc1cccc(OC)c1O)N1CCC2(CCOC2)C1. The first-order valence-corrected chi connectivity index (χ1v) is 8.63. The van der Waals surface area contributed by atoms with Crippen molar-refractivity contribution in [1.82, 2.24) is 10.2 Å². The average Bonchev–Trinajstić information content (AvgIpc) is 3.23. The van der Waals surface area contributed by atoms with Gasteiger partial charge in [-0.2, -0.15) is 0 Å². The van der Waals surface area contributed by atoms with E-state index in [9.17, 15) is 5.11 Å². The van der Waals surface area contributed by atoms with Crippen LogP contribution in [0.25, 0.3) is 0 Å². The molecule has 0 radical (unpaired) electrons. The van der Waals surface area contributed by atoms with Crippen molar-refractivity contribution >= 4 is 5.96 Å². The van der Waals surface area contributed by atoms with E-state index in [1.54, 1.807) is 13.2 Å². The topological polar surface area (TPSA) is 66.3 Å². The van der Waals surface area contributed by atoms with Gasteiger partial charge in [0.05, 0.1) is 20.3 Å². The second kappa shape index (κ2) is 7.30. The Labute approximate surface area is 143 Å². The van der Waals surface area contributed by atoms with E-state index in [1.165, 1.54) is 0 Å². The lowest BCUT2D eigenvalue weighted by atomic mass is 9.87. The van der Waals surface area contributed by atoms with Crippen LogP contribution in [-0.2, 0) is 11.3 Å². The van der Waals surface area contributed by atoms with Crippen molar-refractivity contribution in [3.63, 3.8) is 0 Å². The fraction of sp³-hybridized carbons (Fsp3) is 0.611. The number of ether oxygens (including phenoxy) is 2. The molecule has 2 fully saturated rings. The monoisotopic (exact) mass is 333 g/mol. The average molecular weight is 333 g/mol. The van der Waals surface area contributed by atoms with Crippen molar-refractivity contribution in [2.24, 2.45) is 10.4 Å². The lowest BCUT2D eigenvalue weighted by Crippen LogP contribution is -2.41. The van der Waals surface area contributed by atoms with E-state index in [2.05, 4.69) is 17.1 Å². The molecule has 2 heterocycles. The number of methoxy groups -OCH3 is 1. The Balaban J connectivity index is 1.73. The van der Waals surface area contributed by atoms with Crippen molar-refractivity contribution in [2.45, 2.75) is 26.3 Å². The number of nitrogens with one attached hydrogen (secondary N) is 1. The predicted molar refractivity (Wildman–Crippen MR) is 93.5 cm³/mol. The molecule has 0 aromatic heterocycles. The van der Waals surface area contributed by atoms with Crippen LogP contribution in [0.5, 0.6) is 11.5 Å². The molecule has 2 aliphatic rings. The second-order valence-corrected chi connectivity index (χ2v) is 6.61. The number of likely N-dealkylation sites (tertiary alicyclic amines) is 1. The number of hydrogen-bond acceptors (Lipinski definition) is 4. The number of hydrogen-bond donors (Lipinski definition) is 2. The van der Waals surface area contributed by atoms with Gasteiger partial charge in [0, 0.05) is 37.2 Å². The number of phenols is 1. The molecular formula is C18H27N3O3. The van der Waals surface area contributed by atoms with E-state index >= 15 is 0 Å². The Hall–Kier alpha value is -1.95. The van der Waals surface area contributed by atoms with Crippen LogP contribution < -0.4 is 10.1 Å². The molecule has 1 unspecified atom stereocenters. The lowest BCUT2D eigenvalue weighted by Gasteiger charge is -2.25. The first kappa shape index (κ1) is 16.9. The van der Waals surface area contributed by atoms with E-state index in [1.807, 2.05) is 12.1 Å². The quantitative estimate of drug-likeness (QED) is 0.651. The van der Waals surface area contributed by atoms with E-state index in [-0.39, 0.29) is 5.75 Å². The van der Waals surface area contributed by atoms with Crippen LogP contribution in [0, 0.1) is 5.41 Å². The molecule has 0 bridgehead atoms. The van der Waals surface area contributed by atoms with Crippen molar-refractivity contribution in [3.05, 3.63) is 23.8 Å². The van der Waals surface area contributed by atoms with Crippen LogP contribution in [0.15, 0.2) is 23.2 Å². The van der Waals surface area contributed by atoms with Crippen LogP contribution >= 0.6 is 0 Å². The molecule has 2 saturated heterocycles. The smallest absolute Gasteiger partial charge is 0.194 e. The number of benzene rings is 1. The third kappa shape index (κ3) is 3.43. The van der Waals surface area contributed by atoms with Gasteiger partial charge in [-0.15, -0.1) is 0 Å². The van der Waals surface area contributed by atoms with Crippen LogP contribution in [0.4, 0.5) is 0 Å². The predicted octanol–water partition coefficient (Wildman–Crippen LogP) is 1.98. The van der Waals surface area contributed by atoms with E-state index in [0.29, 0.717) is 17.7 Å². The van der Waals surface area contributed by atoms with Crippen LogP contribution in [0.1, 0.15) is 25.3 Å². The minimum atomic E-state index is 0.168. The molecule has 24 heavy (non-hydrogen) atoms. The van der Waals surface area contributed by atoms with Gasteiger partial charge >= 0.3 is 0 Å². The van der Waals surface area contributed by atoms with Crippen molar-refractivity contribution in [2.75, 3.05) is 40.0 Å². The molecule has 2 aliphatic heterocycles. The summed E-state index contributed by atoms with van der Waals surface area (Å²) in [5.74, 6) is 1.56. The Bertz CT molecular complexity index is 597. The fourth-order valence-corrected chi connectivity index (χ4v) is 3.53. The zero-order valence-corrected chi connectivity index (χ0v) is 14.5. The Kier molecular flexibility index (Phi) is 5.14. The number of aliphatic imine (C=N–C) groups is 1. The molecule has 3 rings (SSSR count). The molecule has 0 saturated carbocycles. The molecule has 1 spiro atoms. The third-order valence-corrected chi connectivity index (χ3v) is 4.96. The second-order valence-electron chi connectivity index (χ2n) is 6.61. The minimum absolute atomic E-state index is 0.168. The number of guanidine groups is 1. The Morgan fingerprint density at radius 3 is 3.04 bits per heavy atom. The van der Waals surface area contributed by atoms with Crippen LogP contribution in [0.2, 0.25) is 0 Å². The molecule has 0 amide bonds. The standard InChI is InChI=1S/C18H27N3O3/c1-3-19-17(21-9-7-18(12-21)8-10-24-13-18)20-11-14-5-4-6-15(23-2)16(14)22/h4-6,22H,3,7-13H2,1-2H3,(H,19,20). The highest BCUT2D eigenvalue weighted by Gasteiger charge is 2.42. The summed E-state index contributed by atoms with van der Waals surface area (Å²) in [6, 6.07) is 5.50. The van der Waals surface area contributed by atoms with Crippen molar-refractivity contribution < 1.29 is 14.6 Å². The lowest BCUT2D eigenvalue weighted by molar-refractivity contribution is 0.156. The van der Waals surface area contributed by atoms with Crippen LogP contribution in [0.3, 0.4) is 0 Å². The van der Waals surface area contributed by atoms with Crippen molar-refractivity contribution in [3.8, 4) is 11.5 Å². The van der Waals surface area contributed by atoms with Crippen LogP contribution in [-0.4, -0.2) is 55.9 Å². The number of rotatable bonds is 4. The largest absolute Gasteiger partial charge is 0.504 e. The highest BCUT2D eigenvalue weighted by atomic mass is 16.5. The highest BCUT2D eigenvalue weighted by Crippen LogP contribution is 2.38. The summed E-state index contributed by atoms with van der Waals surface area (Å²) in [6.07, 6.45) is 2.29. The van der Waals surface area contributed by atoms with Gasteiger partial charge in [0.2, 0.25) is 0 Å². The molecular weight excluding hydrogens is 306 g/mol. The third-order valence-electron chi connectivity index (χ3n) is 4.96. The molecule has 6 heteroatoms. The summed E-state index contributed by atoms with van der Waals surface area (Å²) in [4.78, 5) is 7.05. The molecule has 1 atom stereocenters. The maximum atomic E-state index is 10.2. The molecule has 1 aromatic carbocycles. The van der Waals surface area contributed by atoms with Gasteiger partial charge in [-0.3, -0.25) is 0 Å². The summed E-state index contributed by atoms with van der Waals surface area (Å²) in [5.41, 5.74) is 1.07. The maximum absolute atomic E-state index is 10.2. The zero-order chi connectivity index (χ0) is 17.0. The zero-order valence-electron chi connectivity index (χ0n) is 14.5. The summed E-state index contributed by atoms with van der Waals surface area (Å²) in [7, 11) is 1.56. The first-order chi connectivity index (χ1) is 11.7. The van der Waals surface area contributed by atoms with E-state index < -0.39 is 0 Å². The summed E-state index contributed by atoms with van der Waals surface area (Å²) in [6.45, 7) is 7.04. The molecule has 1 aromatic rings. The number of nitrogens with zero attached hydrogens (tertiary/aromatic N) is 2. The molecule has 132 valence electrons. The summed E-state index contributed by atoms with van der Waals surface area (Å²) in [5, 5.41) is 13.6. The first-order valence-electron chi connectivity index (χ1n) is 8.63. The summed E-state index contributed by atoms with van der Waals surface area (Å²) >= 11 is 0. The Morgan fingerprint density at radius 1 is 1.46 bits per heavy atom. The van der Waals surface area contributed by atoms with Gasteiger partial charge in [0.25, 0.3) is 0 Å². The maximum Gasteiger partial charge on any atom is 0.194 e. The summed E-state index contributed by atoms with van der Waals surface area (Å²) < 4.78 is 10.8. The molecule has 6 nitrogen and oxygen atoms in total. The van der Waals surface area contributed by atoms with Gasteiger partial charge in [-0.1, -0.05) is 12.1 Å². The number of phenolic OH excluding ortho intramolecular Hbond substituents is 1. The molecule has 0 aliphatic carbocycles. The van der Waals surface area contributed by atoms with E-state index in [4.69, 9.17) is 14.5 Å². The van der Waals surface area contributed by atoms with E-state index in [0.717, 1.165) is 57.2 Å². The molecule has 2 N–H and O–H groups in total. The number of para-hydroxylation sites is 1.